The number of rotatable bonds is 5. The highest BCUT2D eigenvalue weighted by atomic mass is 16.5. The fraction of sp³-hybridized carbons (Fsp3) is 0.875. The predicted molar refractivity (Wildman–Crippen MR) is 77.8 cm³/mol. The quantitative estimate of drug-likeness (QED) is 0.829. The Morgan fingerprint density at radius 3 is 2.24 bits per heavy atom. The first-order valence-electron chi connectivity index (χ1n) is 8.28. The van der Waals surface area contributed by atoms with E-state index >= 15 is 0 Å². The third kappa shape index (κ3) is 2.61. The zero-order valence-electron chi connectivity index (χ0n) is 13.2. The lowest BCUT2D eigenvalue weighted by molar-refractivity contribution is -0.0610. The SMILES string of the molecule is CCOC1(c2nc(C3(OC)CCCCC3)no2)CCCC1. The lowest BCUT2D eigenvalue weighted by atomic mass is 9.84. The largest absolute Gasteiger partial charge is 0.370 e. The number of methoxy groups -OCH3 is 1. The summed E-state index contributed by atoms with van der Waals surface area (Å²) < 4.78 is 17.4. The van der Waals surface area contributed by atoms with Gasteiger partial charge in [0.1, 0.15) is 11.2 Å². The maximum absolute atomic E-state index is 6.01. The molecule has 118 valence electrons. The van der Waals surface area contributed by atoms with Crippen LogP contribution in [0.1, 0.15) is 76.4 Å². The van der Waals surface area contributed by atoms with Crippen molar-refractivity contribution in [3.8, 4) is 0 Å². The third-order valence-electron chi connectivity index (χ3n) is 5.11. The first-order valence-corrected chi connectivity index (χ1v) is 8.28. The predicted octanol–water partition coefficient (Wildman–Crippen LogP) is 3.68. The highest BCUT2D eigenvalue weighted by Gasteiger charge is 2.45. The lowest BCUT2D eigenvalue weighted by Gasteiger charge is -2.32. The summed E-state index contributed by atoms with van der Waals surface area (Å²) in [5, 5.41) is 4.26. The van der Waals surface area contributed by atoms with Crippen molar-refractivity contribution in [3.63, 3.8) is 0 Å². The van der Waals surface area contributed by atoms with Gasteiger partial charge < -0.3 is 14.0 Å². The van der Waals surface area contributed by atoms with Crippen LogP contribution in [0.3, 0.4) is 0 Å². The van der Waals surface area contributed by atoms with Crippen LogP contribution in [0.25, 0.3) is 0 Å². The van der Waals surface area contributed by atoms with E-state index < -0.39 is 0 Å². The van der Waals surface area contributed by atoms with Crippen molar-refractivity contribution >= 4 is 0 Å². The molecule has 0 aromatic carbocycles. The molecule has 2 saturated carbocycles. The van der Waals surface area contributed by atoms with Gasteiger partial charge in [-0.3, -0.25) is 0 Å². The van der Waals surface area contributed by atoms with E-state index in [0.717, 1.165) is 51.4 Å². The number of aromatic nitrogens is 2. The molecule has 5 nitrogen and oxygen atoms in total. The van der Waals surface area contributed by atoms with E-state index in [9.17, 15) is 0 Å². The van der Waals surface area contributed by atoms with Gasteiger partial charge in [0.15, 0.2) is 0 Å². The molecular weight excluding hydrogens is 268 g/mol. The van der Waals surface area contributed by atoms with Gasteiger partial charge in [0.25, 0.3) is 5.89 Å². The topological polar surface area (TPSA) is 57.4 Å². The van der Waals surface area contributed by atoms with Crippen LogP contribution in [0.15, 0.2) is 4.52 Å². The summed E-state index contributed by atoms with van der Waals surface area (Å²) in [6, 6.07) is 0. The summed E-state index contributed by atoms with van der Waals surface area (Å²) >= 11 is 0. The standard InChI is InChI=1S/C16H26N2O3/c1-3-20-16(11-7-8-12-16)14-17-13(18-21-14)15(19-2)9-5-4-6-10-15/h3-12H2,1-2H3. The number of hydrogen-bond acceptors (Lipinski definition) is 5. The average Bonchev–Trinajstić information content (AvgIpc) is 3.18. The minimum Gasteiger partial charge on any atom is -0.370 e. The maximum Gasteiger partial charge on any atom is 0.258 e. The third-order valence-corrected chi connectivity index (χ3v) is 5.11. The Balaban J connectivity index is 1.88. The van der Waals surface area contributed by atoms with Crippen LogP contribution in [-0.2, 0) is 20.7 Å². The van der Waals surface area contributed by atoms with Gasteiger partial charge in [0.2, 0.25) is 5.82 Å². The zero-order valence-corrected chi connectivity index (χ0v) is 13.2. The normalized spacial score (nSPS) is 24.3. The Morgan fingerprint density at radius 2 is 1.62 bits per heavy atom. The molecule has 0 bridgehead atoms. The number of nitrogens with zero attached hydrogens (tertiary/aromatic N) is 2. The monoisotopic (exact) mass is 294 g/mol. The van der Waals surface area contributed by atoms with Gasteiger partial charge in [-0.1, -0.05) is 24.4 Å². The van der Waals surface area contributed by atoms with Crippen LogP contribution in [0.5, 0.6) is 0 Å². The van der Waals surface area contributed by atoms with Crippen LogP contribution >= 0.6 is 0 Å². The molecule has 1 aromatic rings. The molecule has 1 heterocycles. The van der Waals surface area contributed by atoms with E-state index in [0.29, 0.717) is 18.3 Å². The molecule has 0 aliphatic heterocycles. The summed E-state index contributed by atoms with van der Waals surface area (Å²) in [7, 11) is 1.76. The molecule has 0 N–H and O–H groups in total. The van der Waals surface area contributed by atoms with E-state index in [-0.39, 0.29) is 11.2 Å². The van der Waals surface area contributed by atoms with E-state index in [1.807, 2.05) is 6.92 Å². The number of hydrogen-bond donors (Lipinski definition) is 0. The van der Waals surface area contributed by atoms with Crippen LogP contribution in [-0.4, -0.2) is 23.9 Å². The van der Waals surface area contributed by atoms with Crippen molar-refractivity contribution in [1.82, 2.24) is 10.1 Å². The van der Waals surface area contributed by atoms with Gasteiger partial charge in [0, 0.05) is 13.7 Å². The molecule has 0 saturated heterocycles. The highest BCUT2D eigenvalue weighted by Crippen LogP contribution is 2.43. The van der Waals surface area contributed by atoms with Gasteiger partial charge in [-0.05, 0) is 45.4 Å². The Bertz CT molecular complexity index is 441. The van der Waals surface area contributed by atoms with Crippen molar-refractivity contribution in [2.45, 2.75) is 75.9 Å². The van der Waals surface area contributed by atoms with Crippen molar-refractivity contribution in [1.29, 1.82) is 0 Å². The lowest BCUT2D eigenvalue weighted by Crippen LogP contribution is -2.33. The van der Waals surface area contributed by atoms with Crippen LogP contribution in [0.2, 0.25) is 0 Å². The molecule has 21 heavy (non-hydrogen) atoms. The summed E-state index contributed by atoms with van der Waals surface area (Å²) in [6.07, 6.45) is 9.81. The van der Waals surface area contributed by atoms with E-state index in [1.165, 1.54) is 6.42 Å². The molecule has 2 fully saturated rings. The Kier molecular flexibility index (Phi) is 4.31. The second-order valence-corrected chi connectivity index (χ2v) is 6.32. The molecule has 3 rings (SSSR count). The molecule has 0 unspecified atom stereocenters. The molecule has 0 radical (unpaired) electrons. The molecule has 2 aliphatic rings. The van der Waals surface area contributed by atoms with Crippen LogP contribution in [0.4, 0.5) is 0 Å². The Morgan fingerprint density at radius 1 is 1.00 bits per heavy atom. The summed E-state index contributed by atoms with van der Waals surface area (Å²) in [5.41, 5.74) is -0.713. The van der Waals surface area contributed by atoms with E-state index in [1.54, 1.807) is 7.11 Å². The minimum absolute atomic E-state index is 0.355. The van der Waals surface area contributed by atoms with Gasteiger partial charge in [-0.15, -0.1) is 0 Å². The van der Waals surface area contributed by atoms with E-state index in [2.05, 4.69) is 5.16 Å². The molecule has 1 aromatic heterocycles. The van der Waals surface area contributed by atoms with Crippen molar-refractivity contribution in [3.05, 3.63) is 11.7 Å². The van der Waals surface area contributed by atoms with Gasteiger partial charge in [-0.2, -0.15) is 4.98 Å². The number of ether oxygens (including phenoxy) is 2. The summed E-state index contributed by atoms with van der Waals surface area (Å²) in [4.78, 5) is 4.72. The van der Waals surface area contributed by atoms with Crippen molar-refractivity contribution in [2.75, 3.05) is 13.7 Å². The smallest absolute Gasteiger partial charge is 0.258 e. The van der Waals surface area contributed by atoms with Crippen LogP contribution < -0.4 is 0 Å². The molecule has 5 heteroatoms. The second-order valence-electron chi connectivity index (χ2n) is 6.32. The van der Waals surface area contributed by atoms with Gasteiger partial charge in [-0.25, -0.2) is 0 Å². The summed E-state index contributed by atoms with van der Waals surface area (Å²) in [5.74, 6) is 1.37. The Labute approximate surface area is 126 Å². The molecule has 0 atom stereocenters. The minimum atomic E-state index is -0.358. The van der Waals surface area contributed by atoms with Crippen molar-refractivity contribution < 1.29 is 14.0 Å². The first-order chi connectivity index (χ1) is 10.2. The fourth-order valence-electron chi connectivity index (χ4n) is 3.88. The molecule has 0 amide bonds. The average molecular weight is 294 g/mol. The van der Waals surface area contributed by atoms with Crippen LogP contribution in [0, 0.1) is 0 Å². The van der Waals surface area contributed by atoms with Gasteiger partial charge >= 0.3 is 0 Å². The van der Waals surface area contributed by atoms with Gasteiger partial charge in [0.05, 0.1) is 0 Å². The second kappa shape index (κ2) is 6.05. The van der Waals surface area contributed by atoms with Crippen molar-refractivity contribution in [2.24, 2.45) is 0 Å². The zero-order chi connectivity index (χ0) is 14.8. The highest BCUT2D eigenvalue weighted by molar-refractivity contribution is 5.08. The molecular formula is C16H26N2O3. The molecule has 2 aliphatic carbocycles. The Hall–Kier alpha value is -0.940. The summed E-state index contributed by atoms with van der Waals surface area (Å²) in [6.45, 7) is 2.70. The fourth-order valence-corrected chi connectivity index (χ4v) is 3.88. The van der Waals surface area contributed by atoms with E-state index in [4.69, 9.17) is 19.0 Å². The molecule has 0 spiro atoms. The first kappa shape index (κ1) is 15.0. The maximum atomic E-state index is 6.01.